The van der Waals surface area contributed by atoms with Gasteiger partial charge in [-0.2, -0.15) is 9.38 Å². The molecule has 0 aliphatic heterocycles. The third-order valence-corrected chi connectivity index (χ3v) is 5.27. The Morgan fingerprint density at radius 2 is 2.22 bits per heavy atom. The molecule has 0 fully saturated rings. The molecule has 27 heavy (non-hydrogen) atoms. The SMILES string of the molecule is Cc1ccc(C)c(OCc2nnc(Sc3nc4sccn4c3[N+](=O)[O-])o2)c1. The quantitative estimate of drug-likeness (QED) is 0.351. The van der Waals surface area contributed by atoms with Gasteiger partial charge in [-0.1, -0.05) is 23.5 Å². The van der Waals surface area contributed by atoms with Gasteiger partial charge in [0.2, 0.25) is 5.03 Å². The molecule has 4 aromatic rings. The highest BCUT2D eigenvalue weighted by Crippen LogP contribution is 2.35. The average molecular weight is 403 g/mol. The Hall–Kier alpha value is -2.92. The van der Waals surface area contributed by atoms with Crippen LogP contribution in [-0.4, -0.2) is 24.5 Å². The molecular weight excluding hydrogens is 390 g/mol. The van der Waals surface area contributed by atoms with Gasteiger partial charge in [-0.3, -0.25) is 0 Å². The fraction of sp³-hybridized carbons (Fsp3) is 0.188. The number of nitrogens with zero attached hydrogens (tertiary/aromatic N) is 5. The van der Waals surface area contributed by atoms with Crippen LogP contribution in [-0.2, 0) is 6.61 Å². The molecule has 0 spiro atoms. The van der Waals surface area contributed by atoms with E-state index in [9.17, 15) is 10.1 Å². The Bertz CT molecular complexity index is 1130. The predicted molar refractivity (Wildman–Crippen MR) is 98.4 cm³/mol. The number of thiazole rings is 1. The number of benzene rings is 1. The number of aromatic nitrogens is 4. The van der Waals surface area contributed by atoms with Crippen LogP contribution >= 0.6 is 23.1 Å². The molecule has 0 N–H and O–H groups in total. The molecule has 0 bridgehead atoms. The first-order valence-corrected chi connectivity index (χ1v) is 9.51. The zero-order chi connectivity index (χ0) is 19.0. The van der Waals surface area contributed by atoms with Crippen molar-refractivity contribution in [1.82, 2.24) is 19.6 Å². The van der Waals surface area contributed by atoms with Crippen LogP contribution in [0, 0.1) is 24.0 Å². The van der Waals surface area contributed by atoms with Gasteiger partial charge in [-0.15, -0.1) is 10.2 Å². The number of hydrogen-bond acceptors (Lipinski definition) is 9. The summed E-state index contributed by atoms with van der Waals surface area (Å²) >= 11 is 2.27. The van der Waals surface area contributed by atoms with Crippen LogP contribution in [0.4, 0.5) is 5.82 Å². The Kier molecular flexibility index (Phi) is 4.54. The predicted octanol–water partition coefficient (Wildman–Crippen LogP) is 4.03. The second-order valence-electron chi connectivity index (χ2n) is 5.67. The normalized spacial score (nSPS) is 11.2. The summed E-state index contributed by atoms with van der Waals surface area (Å²) in [4.78, 5) is 15.7. The molecule has 0 amide bonds. The Balaban J connectivity index is 1.50. The van der Waals surface area contributed by atoms with Gasteiger partial charge in [-0.05, 0) is 36.0 Å². The summed E-state index contributed by atoms with van der Waals surface area (Å²) in [6.45, 7) is 4.04. The number of imidazole rings is 1. The van der Waals surface area contributed by atoms with Gasteiger partial charge >= 0.3 is 5.82 Å². The second-order valence-corrected chi connectivity index (χ2v) is 7.49. The maximum absolute atomic E-state index is 11.4. The molecule has 3 heterocycles. The van der Waals surface area contributed by atoms with E-state index in [2.05, 4.69) is 15.2 Å². The van der Waals surface area contributed by atoms with Gasteiger partial charge in [0, 0.05) is 17.1 Å². The van der Waals surface area contributed by atoms with E-state index in [1.807, 2.05) is 32.0 Å². The Morgan fingerprint density at radius 1 is 1.37 bits per heavy atom. The summed E-state index contributed by atoms with van der Waals surface area (Å²) in [5.74, 6) is 0.900. The van der Waals surface area contributed by atoms with E-state index in [1.165, 1.54) is 15.7 Å². The van der Waals surface area contributed by atoms with E-state index in [1.54, 1.807) is 11.6 Å². The summed E-state index contributed by atoms with van der Waals surface area (Å²) in [7, 11) is 0. The van der Waals surface area contributed by atoms with Crippen LogP contribution in [0.25, 0.3) is 4.96 Å². The lowest BCUT2D eigenvalue weighted by Crippen LogP contribution is -1.97. The van der Waals surface area contributed by atoms with Crippen LogP contribution in [0.15, 0.2) is 44.4 Å². The zero-order valence-corrected chi connectivity index (χ0v) is 15.9. The monoisotopic (exact) mass is 403 g/mol. The van der Waals surface area contributed by atoms with Crippen molar-refractivity contribution in [2.24, 2.45) is 0 Å². The van der Waals surface area contributed by atoms with E-state index in [-0.39, 0.29) is 28.6 Å². The fourth-order valence-corrected chi connectivity index (χ4v) is 3.96. The minimum atomic E-state index is -0.476. The number of nitro groups is 1. The van der Waals surface area contributed by atoms with Crippen LogP contribution in [0.3, 0.4) is 0 Å². The molecule has 0 radical (unpaired) electrons. The smallest absolute Gasteiger partial charge is 0.363 e. The van der Waals surface area contributed by atoms with E-state index < -0.39 is 4.92 Å². The number of rotatable bonds is 6. The molecule has 0 aliphatic rings. The summed E-state index contributed by atoms with van der Waals surface area (Å²) < 4.78 is 12.7. The molecule has 4 rings (SSSR count). The fourth-order valence-electron chi connectivity index (χ4n) is 2.41. The van der Waals surface area contributed by atoms with Crippen molar-refractivity contribution in [3.05, 3.63) is 56.9 Å². The zero-order valence-electron chi connectivity index (χ0n) is 14.3. The molecule has 0 atom stereocenters. The van der Waals surface area contributed by atoms with Crippen molar-refractivity contribution in [2.75, 3.05) is 0 Å². The molecule has 0 saturated heterocycles. The highest BCUT2D eigenvalue weighted by atomic mass is 32.2. The second kappa shape index (κ2) is 7.00. The first-order valence-electron chi connectivity index (χ1n) is 7.81. The number of aryl methyl sites for hydroxylation is 2. The summed E-state index contributed by atoms with van der Waals surface area (Å²) in [5.41, 5.74) is 2.09. The van der Waals surface area contributed by atoms with E-state index in [0.717, 1.165) is 28.6 Å². The molecule has 11 heteroatoms. The molecule has 0 unspecified atom stereocenters. The van der Waals surface area contributed by atoms with Crippen molar-refractivity contribution >= 4 is 33.9 Å². The van der Waals surface area contributed by atoms with Gasteiger partial charge in [0.1, 0.15) is 11.9 Å². The summed E-state index contributed by atoms with van der Waals surface area (Å²) in [5, 5.41) is 21.3. The maximum Gasteiger partial charge on any atom is 0.363 e. The number of ether oxygens (including phenoxy) is 1. The summed E-state index contributed by atoms with van der Waals surface area (Å²) in [6.07, 6.45) is 1.60. The molecule has 0 aliphatic carbocycles. The maximum atomic E-state index is 11.4. The Labute approximate surface area is 161 Å². The lowest BCUT2D eigenvalue weighted by atomic mass is 10.1. The lowest BCUT2D eigenvalue weighted by Gasteiger charge is -2.07. The highest BCUT2D eigenvalue weighted by molar-refractivity contribution is 7.99. The molecule has 138 valence electrons. The van der Waals surface area contributed by atoms with E-state index >= 15 is 0 Å². The number of fused-ring (bicyclic) bond motifs is 1. The minimum absolute atomic E-state index is 0.109. The largest absolute Gasteiger partial charge is 0.484 e. The van der Waals surface area contributed by atoms with Crippen LogP contribution < -0.4 is 4.74 Å². The first kappa shape index (κ1) is 17.5. The van der Waals surface area contributed by atoms with Crippen molar-refractivity contribution in [2.45, 2.75) is 30.7 Å². The topological polar surface area (TPSA) is 109 Å². The van der Waals surface area contributed by atoms with Crippen molar-refractivity contribution in [3.63, 3.8) is 0 Å². The van der Waals surface area contributed by atoms with Crippen LogP contribution in [0.5, 0.6) is 5.75 Å². The van der Waals surface area contributed by atoms with Crippen molar-refractivity contribution < 1.29 is 14.1 Å². The van der Waals surface area contributed by atoms with Crippen molar-refractivity contribution in [1.29, 1.82) is 0 Å². The van der Waals surface area contributed by atoms with Gasteiger partial charge in [0.05, 0.1) is 0 Å². The van der Waals surface area contributed by atoms with Gasteiger partial charge in [0.15, 0.2) is 6.61 Å². The Morgan fingerprint density at radius 3 is 3.04 bits per heavy atom. The molecule has 0 saturated carbocycles. The van der Waals surface area contributed by atoms with Gasteiger partial charge in [-0.25, -0.2) is 0 Å². The van der Waals surface area contributed by atoms with Gasteiger partial charge < -0.3 is 19.3 Å². The van der Waals surface area contributed by atoms with Crippen LogP contribution in [0.1, 0.15) is 17.0 Å². The third kappa shape index (κ3) is 3.51. The molecule has 9 nitrogen and oxygen atoms in total. The lowest BCUT2D eigenvalue weighted by molar-refractivity contribution is -0.393. The molecule has 1 aromatic carbocycles. The third-order valence-electron chi connectivity index (χ3n) is 3.71. The first-order chi connectivity index (χ1) is 13.0. The average Bonchev–Trinajstić information content (AvgIpc) is 3.31. The molecular formula is C16H13N5O4S2. The highest BCUT2D eigenvalue weighted by Gasteiger charge is 2.26. The number of hydrogen-bond donors (Lipinski definition) is 0. The van der Waals surface area contributed by atoms with Gasteiger partial charge in [0.25, 0.3) is 16.1 Å². The van der Waals surface area contributed by atoms with E-state index in [0.29, 0.717) is 4.96 Å². The van der Waals surface area contributed by atoms with Crippen LogP contribution in [0.2, 0.25) is 0 Å². The van der Waals surface area contributed by atoms with E-state index in [4.69, 9.17) is 9.15 Å². The summed E-state index contributed by atoms with van der Waals surface area (Å²) in [6, 6.07) is 5.91. The van der Waals surface area contributed by atoms with Crippen molar-refractivity contribution in [3.8, 4) is 5.75 Å². The standard InChI is InChI=1S/C16H13N5O4S2/c1-9-3-4-10(2)11(7-9)24-8-12-18-19-16(25-12)27-13-14(21(22)23)20-5-6-26-15(20)17-13/h3-7H,8H2,1-2H3. The molecule has 3 aromatic heterocycles. The minimum Gasteiger partial charge on any atom is -0.484 e.